The van der Waals surface area contributed by atoms with Crippen molar-refractivity contribution < 1.29 is 23.6 Å². The minimum absolute atomic E-state index is 0.168. The standard InChI is InChI=1S/C22H18ClN5O5/c1-12-2-4-14(9-15(12)23)24-19(29)10-28-20(30)7-5-16(26-28)22-25-21(27-33-22)13-3-6-17-18(8-13)32-11-31-17/h2-4,6,8-9H,5,7,10-11H2,1H3,(H,24,29). The number of carbonyl (C=O) groups is 2. The van der Waals surface area contributed by atoms with Crippen LogP contribution in [0.3, 0.4) is 0 Å². The number of anilines is 1. The van der Waals surface area contributed by atoms with E-state index in [0.29, 0.717) is 45.7 Å². The van der Waals surface area contributed by atoms with E-state index in [1.54, 1.807) is 36.4 Å². The van der Waals surface area contributed by atoms with Gasteiger partial charge in [0.1, 0.15) is 12.3 Å². The van der Waals surface area contributed by atoms with Gasteiger partial charge in [0.05, 0.1) is 0 Å². The number of benzene rings is 2. The first-order chi connectivity index (χ1) is 16.0. The highest BCUT2D eigenvalue weighted by atomic mass is 35.5. The molecule has 3 heterocycles. The average Bonchev–Trinajstić information content (AvgIpc) is 3.47. The van der Waals surface area contributed by atoms with Crippen molar-refractivity contribution in [3.05, 3.63) is 52.9 Å². The van der Waals surface area contributed by atoms with E-state index < -0.39 is 5.91 Å². The molecular weight excluding hydrogens is 450 g/mol. The van der Waals surface area contributed by atoms with Gasteiger partial charge in [-0.2, -0.15) is 10.1 Å². The zero-order chi connectivity index (χ0) is 22.9. The van der Waals surface area contributed by atoms with Gasteiger partial charge in [-0.05, 0) is 42.8 Å². The van der Waals surface area contributed by atoms with Crippen molar-refractivity contribution in [1.29, 1.82) is 0 Å². The van der Waals surface area contributed by atoms with Crippen molar-refractivity contribution in [2.75, 3.05) is 18.7 Å². The fourth-order valence-corrected chi connectivity index (χ4v) is 3.56. The summed E-state index contributed by atoms with van der Waals surface area (Å²) < 4.78 is 16.1. The number of aromatic nitrogens is 2. The van der Waals surface area contributed by atoms with E-state index in [0.717, 1.165) is 10.6 Å². The lowest BCUT2D eigenvalue weighted by Crippen LogP contribution is -2.38. The molecule has 0 spiro atoms. The predicted octanol–water partition coefficient (Wildman–Crippen LogP) is 3.39. The molecule has 10 nitrogen and oxygen atoms in total. The number of hydrogen-bond donors (Lipinski definition) is 1. The molecule has 2 aliphatic heterocycles. The summed E-state index contributed by atoms with van der Waals surface area (Å²) in [4.78, 5) is 29.2. The number of fused-ring (bicyclic) bond motifs is 1. The highest BCUT2D eigenvalue weighted by Crippen LogP contribution is 2.35. The number of carbonyl (C=O) groups excluding carboxylic acids is 2. The van der Waals surface area contributed by atoms with Crippen LogP contribution in [0.15, 0.2) is 46.0 Å². The topological polar surface area (TPSA) is 119 Å². The molecule has 0 bridgehead atoms. The fraction of sp³-hybridized carbons (Fsp3) is 0.227. The van der Waals surface area contributed by atoms with E-state index in [1.807, 2.05) is 6.92 Å². The minimum atomic E-state index is -0.403. The highest BCUT2D eigenvalue weighted by Gasteiger charge is 2.27. The van der Waals surface area contributed by atoms with Gasteiger partial charge in [0.25, 0.3) is 5.89 Å². The Kier molecular flexibility index (Phi) is 5.43. The summed E-state index contributed by atoms with van der Waals surface area (Å²) in [6, 6.07) is 10.5. The maximum absolute atomic E-state index is 12.5. The van der Waals surface area contributed by atoms with Crippen LogP contribution in [0.4, 0.5) is 5.69 Å². The summed E-state index contributed by atoms with van der Waals surface area (Å²) in [5.41, 5.74) is 2.55. The van der Waals surface area contributed by atoms with Gasteiger partial charge in [-0.1, -0.05) is 22.8 Å². The Hall–Kier alpha value is -3.92. The van der Waals surface area contributed by atoms with Crippen molar-refractivity contribution in [1.82, 2.24) is 15.1 Å². The van der Waals surface area contributed by atoms with Gasteiger partial charge in [-0.25, -0.2) is 5.01 Å². The van der Waals surface area contributed by atoms with Crippen LogP contribution < -0.4 is 14.8 Å². The Morgan fingerprint density at radius 1 is 1.15 bits per heavy atom. The lowest BCUT2D eigenvalue weighted by molar-refractivity contribution is -0.135. The number of amides is 2. The van der Waals surface area contributed by atoms with E-state index in [-0.39, 0.29) is 31.6 Å². The molecular formula is C22H18ClN5O5. The normalized spacial score (nSPS) is 14.9. The quantitative estimate of drug-likeness (QED) is 0.610. The number of hydrazone groups is 1. The summed E-state index contributed by atoms with van der Waals surface area (Å²) in [5, 5.41) is 12.7. The zero-order valence-corrected chi connectivity index (χ0v) is 18.3. The molecule has 0 radical (unpaired) electrons. The summed E-state index contributed by atoms with van der Waals surface area (Å²) in [6.07, 6.45) is 0.498. The van der Waals surface area contributed by atoms with Crippen molar-refractivity contribution in [2.45, 2.75) is 19.8 Å². The van der Waals surface area contributed by atoms with Crippen LogP contribution in [0.25, 0.3) is 11.4 Å². The minimum Gasteiger partial charge on any atom is -0.454 e. The third-order valence-electron chi connectivity index (χ3n) is 5.16. The second kappa shape index (κ2) is 8.55. The van der Waals surface area contributed by atoms with Crippen molar-refractivity contribution in [3.63, 3.8) is 0 Å². The molecule has 0 aliphatic carbocycles. The lowest BCUT2D eigenvalue weighted by atomic mass is 10.1. The van der Waals surface area contributed by atoms with Crippen LogP contribution in [-0.2, 0) is 9.59 Å². The largest absolute Gasteiger partial charge is 0.454 e. The molecule has 1 N–H and O–H groups in total. The van der Waals surface area contributed by atoms with Crippen LogP contribution in [0, 0.1) is 6.92 Å². The summed E-state index contributed by atoms with van der Waals surface area (Å²) in [5.74, 6) is 1.12. The van der Waals surface area contributed by atoms with Gasteiger partial charge >= 0.3 is 0 Å². The molecule has 2 aliphatic rings. The average molecular weight is 468 g/mol. The van der Waals surface area contributed by atoms with E-state index in [4.69, 9.17) is 25.6 Å². The van der Waals surface area contributed by atoms with Crippen LogP contribution >= 0.6 is 11.6 Å². The second-order valence-corrected chi connectivity index (χ2v) is 7.91. The zero-order valence-electron chi connectivity index (χ0n) is 17.5. The SMILES string of the molecule is Cc1ccc(NC(=O)CN2N=C(c3nc(-c4ccc5c(c4)OCO5)no3)CCC2=O)cc1Cl. The van der Waals surface area contributed by atoms with Gasteiger partial charge in [0.2, 0.25) is 24.4 Å². The fourth-order valence-electron chi connectivity index (χ4n) is 3.38. The first kappa shape index (κ1) is 21.0. The molecule has 0 fully saturated rings. The van der Waals surface area contributed by atoms with Gasteiger partial charge in [0.15, 0.2) is 11.5 Å². The third kappa shape index (κ3) is 4.37. The molecule has 3 aromatic rings. The van der Waals surface area contributed by atoms with Crippen LogP contribution in [0.5, 0.6) is 11.5 Å². The van der Waals surface area contributed by atoms with Gasteiger partial charge in [0, 0.05) is 29.1 Å². The van der Waals surface area contributed by atoms with Crippen LogP contribution in [0.2, 0.25) is 5.02 Å². The number of nitrogens with zero attached hydrogens (tertiary/aromatic N) is 4. The Morgan fingerprint density at radius 3 is 2.85 bits per heavy atom. The van der Waals surface area contributed by atoms with Crippen molar-refractivity contribution >= 4 is 34.8 Å². The monoisotopic (exact) mass is 467 g/mol. The van der Waals surface area contributed by atoms with E-state index >= 15 is 0 Å². The van der Waals surface area contributed by atoms with Crippen LogP contribution in [0.1, 0.15) is 24.3 Å². The Bertz CT molecular complexity index is 1290. The number of nitrogens with one attached hydrogen (secondary N) is 1. The van der Waals surface area contributed by atoms with E-state index in [1.165, 1.54) is 0 Å². The first-order valence-corrected chi connectivity index (χ1v) is 10.5. The summed E-state index contributed by atoms with van der Waals surface area (Å²) in [6.45, 7) is 1.78. The van der Waals surface area contributed by atoms with E-state index in [2.05, 4.69) is 20.6 Å². The van der Waals surface area contributed by atoms with Gasteiger partial charge in [-0.15, -0.1) is 0 Å². The second-order valence-electron chi connectivity index (χ2n) is 7.50. The molecule has 33 heavy (non-hydrogen) atoms. The number of hydrogen-bond acceptors (Lipinski definition) is 8. The number of rotatable bonds is 5. The molecule has 11 heteroatoms. The molecule has 5 rings (SSSR count). The third-order valence-corrected chi connectivity index (χ3v) is 5.56. The molecule has 2 aromatic carbocycles. The molecule has 0 atom stereocenters. The van der Waals surface area contributed by atoms with Crippen molar-refractivity contribution in [3.8, 4) is 22.9 Å². The summed E-state index contributed by atoms with van der Waals surface area (Å²) >= 11 is 6.10. The predicted molar refractivity (Wildman–Crippen MR) is 118 cm³/mol. The Balaban J connectivity index is 1.30. The Morgan fingerprint density at radius 2 is 2.00 bits per heavy atom. The molecule has 0 unspecified atom stereocenters. The number of aryl methyl sites for hydroxylation is 1. The molecule has 1 aromatic heterocycles. The number of halogens is 1. The van der Waals surface area contributed by atoms with Gasteiger partial charge < -0.3 is 19.3 Å². The van der Waals surface area contributed by atoms with Crippen molar-refractivity contribution in [2.24, 2.45) is 5.10 Å². The smallest absolute Gasteiger partial charge is 0.274 e. The van der Waals surface area contributed by atoms with Crippen LogP contribution in [-0.4, -0.2) is 46.0 Å². The first-order valence-electron chi connectivity index (χ1n) is 10.1. The Labute approximate surface area is 193 Å². The molecule has 168 valence electrons. The highest BCUT2D eigenvalue weighted by molar-refractivity contribution is 6.31. The number of ether oxygens (including phenoxy) is 2. The maximum atomic E-state index is 12.5. The molecule has 0 saturated carbocycles. The lowest BCUT2D eigenvalue weighted by Gasteiger charge is -2.21. The molecule has 2 amide bonds. The summed E-state index contributed by atoms with van der Waals surface area (Å²) in [7, 11) is 0. The van der Waals surface area contributed by atoms with Gasteiger partial charge in [-0.3, -0.25) is 9.59 Å². The maximum Gasteiger partial charge on any atom is 0.274 e. The molecule has 0 saturated heterocycles. The van der Waals surface area contributed by atoms with E-state index in [9.17, 15) is 9.59 Å².